The maximum absolute atomic E-state index is 5.39. The van der Waals surface area contributed by atoms with E-state index in [0.717, 1.165) is 71.6 Å². The molecule has 3 atom stereocenters. The summed E-state index contributed by atoms with van der Waals surface area (Å²) in [5, 5.41) is 2.68. The zero-order valence-corrected chi connectivity index (χ0v) is 38.8. The minimum Gasteiger partial charge on any atom is -0.228 e. The minimum atomic E-state index is -0.247. The first-order chi connectivity index (χ1) is 34.2. The minimum absolute atomic E-state index is 0.155. The number of rotatable bonds is 6. The zero-order chi connectivity index (χ0) is 45.6. The molecule has 2 nitrogen and oxygen atoms in total. The smallest absolute Gasteiger partial charge is 0.160 e. The average Bonchev–Trinajstić information content (AvgIpc) is 3.90. The SMILES string of the molecule is CCc1c(-c2ccccc2)nc(-c2ccccc2)nc1-c1cccc(C2=CC=CC3=c4ccccc4=C4C=C(C5=CC6=C(CC5)c5ccccc5C65C6=C(C=CCC6)c6ccccc65)C=CC4C23)c1. The lowest BCUT2D eigenvalue weighted by atomic mass is 9.65. The Balaban J connectivity index is 0.881. The Hall–Kier alpha value is -7.94. The highest BCUT2D eigenvalue weighted by Gasteiger charge is 2.53. The molecule has 0 N–H and O–H groups in total. The van der Waals surface area contributed by atoms with Crippen molar-refractivity contribution < 1.29 is 0 Å². The number of aromatic nitrogens is 2. The van der Waals surface area contributed by atoms with E-state index in [1.807, 2.05) is 0 Å². The van der Waals surface area contributed by atoms with Crippen LogP contribution < -0.4 is 10.4 Å². The van der Waals surface area contributed by atoms with Crippen LogP contribution in [-0.2, 0) is 11.8 Å². The first-order valence-corrected chi connectivity index (χ1v) is 25.0. The molecule has 328 valence electrons. The quantitative estimate of drug-likeness (QED) is 0.166. The molecule has 7 aliphatic carbocycles. The van der Waals surface area contributed by atoms with Crippen molar-refractivity contribution in [3.05, 3.63) is 279 Å². The van der Waals surface area contributed by atoms with Crippen LogP contribution in [0.3, 0.4) is 0 Å². The molecule has 1 spiro atoms. The normalized spacial score (nSPS) is 21.2. The van der Waals surface area contributed by atoms with Crippen LogP contribution in [0.15, 0.2) is 235 Å². The molecular formula is C67H50N2. The van der Waals surface area contributed by atoms with Gasteiger partial charge in [-0.25, -0.2) is 9.97 Å². The Morgan fingerprint density at radius 1 is 0.580 bits per heavy atom. The third-order valence-electron chi connectivity index (χ3n) is 16.2. The molecule has 0 fully saturated rings. The molecule has 3 unspecified atom stereocenters. The van der Waals surface area contributed by atoms with Crippen molar-refractivity contribution in [2.24, 2.45) is 11.8 Å². The molecule has 0 bridgehead atoms. The van der Waals surface area contributed by atoms with E-state index < -0.39 is 0 Å². The van der Waals surface area contributed by atoms with Crippen molar-refractivity contribution in [2.45, 2.75) is 44.4 Å². The van der Waals surface area contributed by atoms with Crippen molar-refractivity contribution in [1.82, 2.24) is 9.97 Å². The van der Waals surface area contributed by atoms with Gasteiger partial charge >= 0.3 is 0 Å². The van der Waals surface area contributed by atoms with Gasteiger partial charge in [0.15, 0.2) is 5.82 Å². The lowest BCUT2D eigenvalue weighted by Crippen LogP contribution is -2.40. The zero-order valence-electron chi connectivity index (χ0n) is 38.8. The van der Waals surface area contributed by atoms with Crippen LogP contribution in [0.25, 0.3) is 61.8 Å². The van der Waals surface area contributed by atoms with Crippen LogP contribution in [0.4, 0.5) is 0 Å². The number of benzene rings is 6. The van der Waals surface area contributed by atoms with Gasteiger partial charge in [0.2, 0.25) is 0 Å². The van der Waals surface area contributed by atoms with Crippen molar-refractivity contribution in [2.75, 3.05) is 0 Å². The van der Waals surface area contributed by atoms with Gasteiger partial charge in [-0.15, -0.1) is 0 Å². The van der Waals surface area contributed by atoms with E-state index in [1.165, 1.54) is 82.8 Å². The number of allylic oxidation sites excluding steroid dienone is 16. The molecule has 69 heavy (non-hydrogen) atoms. The Morgan fingerprint density at radius 3 is 2.04 bits per heavy atom. The molecular weight excluding hydrogens is 833 g/mol. The fourth-order valence-electron chi connectivity index (χ4n) is 13.3. The van der Waals surface area contributed by atoms with Crippen LogP contribution in [0.5, 0.6) is 0 Å². The monoisotopic (exact) mass is 882 g/mol. The second-order valence-corrected chi connectivity index (χ2v) is 19.5. The largest absolute Gasteiger partial charge is 0.228 e. The molecule has 7 aromatic rings. The lowest BCUT2D eigenvalue weighted by molar-refractivity contribution is 0.702. The summed E-state index contributed by atoms with van der Waals surface area (Å²) in [6.45, 7) is 2.23. The van der Waals surface area contributed by atoms with E-state index in [0.29, 0.717) is 0 Å². The molecule has 0 saturated carbocycles. The van der Waals surface area contributed by atoms with Gasteiger partial charge in [0.1, 0.15) is 0 Å². The summed E-state index contributed by atoms with van der Waals surface area (Å²) in [4.78, 5) is 10.6. The number of fused-ring (bicyclic) bond motifs is 12. The molecule has 0 radical (unpaired) electrons. The van der Waals surface area contributed by atoms with Crippen LogP contribution in [0, 0.1) is 11.8 Å². The first-order valence-electron chi connectivity index (χ1n) is 25.0. The summed E-state index contributed by atoms with van der Waals surface area (Å²) in [5.74, 6) is 1.08. The summed E-state index contributed by atoms with van der Waals surface area (Å²) >= 11 is 0. The standard InChI is InChI=1S/C67H50N2/c1-2-48-64(42-19-5-3-6-20-42)68-66(43-21-7-4-8-22-43)69-65(48)47-24-17-23-46(39-47)49-30-18-31-56-50-25-9-10-26-51(50)58-40-44(36-38-57(58)63(49)56)45-35-37-55-54-29-13-16-34-61(54)67(62(55)41-45)59-32-14-11-27-52(59)53-28-12-15-33-60(53)67/h3-14,16-32,34,36,38-41,57,63H,2,15,33,35,37H2,1H3. The number of hydrogen-bond donors (Lipinski definition) is 0. The fraction of sp³-hybridized carbons (Fsp3) is 0.134. The van der Waals surface area contributed by atoms with Gasteiger partial charge in [-0.05, 0) is 127 Å². The highest BCUT2D eigenvalue weighted by molar-refractivity contribution is 5.98. The van der Waals surface area contributed by atoms with Gasteiger partial charge < -0.3 is 0 Å². The van der Waals surface area contributed by atoms with Gasteiger partial charge in [-0.3, -0.25) is 0 Å². The van der Waals surface area contributed by atoms with E-state index in [4.69, 9.17) is 9.97 Å². The number of hydrogen-bond acceptors (Lipinski definition) is 2. The molecule has 2 heteroatoms. The van der Waals surface area contributed by atoms with Gasteiger partial charge in [-0.1, -0.05) is 213 Å². The first kappa shape index (κ1) is 40.2. The van der Waals surface area contributed by atoms with Gasteiger partial charge in [0, 0.05) is 34.1 Å². The van der Waals surface area contributed by atoms with Gasteiger partial charge in [0.25, 0.3) is 0 Å². The van der Waals surface area contributed by atoms with E-state index in [2.05, 4.69) is 219 Å². The van der Waals surface area contributed by atoms with Crippen molar-refractivity contribution >= 4 is 27.9 Å². The van der Waals surface area contributed by atoms with Gasteiger partial charge in [0.05, 0.1) is 16.8 Å². The molecule has 0 saturated heterocycles. The Morgan fingerprint density at radius 2 is 1.25 bits per heavy atom. The molecule has 6 aromatic carbocycles. The molecule has 7 aliphatic rings. The second-order valence-electron chi connectivity index (χ2n) is 19.5. The highest BCUT2D eigenvalue weighted by Crippen LogP contribution is 2.64. The Labute approximate surface area is 404 Å². The van der Waals surface area contributed by atoms with E-state index in [9.17, 15) is 0 Å². The Kier molecular flexibility index (Phi) is 9.21. The highest BCUT2D eigenvalue weighted by atomic mass is 14.9. The molecule has 14 rings (SSSR count). The fourth-order valence-corrected chi connectivity index (χ4v) is 13.3. The molecule has 0 aliphatic heterocycles. The van der Waals surface area contributed by atoms with Gasteiger partial charge in [-0.2, -0.15) is 0 Å². The number of nitrogens with zero attached hydrogens (tertiary/aromatic N) is 2. The third kappa shape index (κ3) is 5.98. The van der Waals surface area contributed by atoms with Crippen LogP contribution in [0.2, 0.25) is 0 Å². The predicted molar refractivity (Wildman–Crippen MR) is 285 cm³/mol. The molecule has 1 heterocycles. The Bertz CT molecular complexity index is 3750. The predicted octanol–water partition coefficient (Wildman–Crippen LogP) is 14.3. The van der Waals surface area contributed by atoms with Crippen LogP contribution >= 0.6 is 0 Å². The van der Waals surface area contributed by atoms with Crippen LogP contribution in [0.1, 0.15) is 66.0 Å². The third-order valence-corrected chi connectivity index (χ3v) is 16.2. The van der Waals surface area contributed by atoms with Crippen molar-refractivity contribution in [3.63, 3.8) is 0 Å². The van der Waals surface area contributed by atoms with Crippen molar-refractivity contribution in [1.29, 1.82) is 0 Å². The van der Waals surface area contributed by atoms with Crippen LogP contribution in [-0.4, -0.2) is 9.97 Å². The summed E-state index contributed by atoms with van der Waals surface area (Å²) in [6.07, 6.45) is 27.1. The second kappa shape index (κ2) is 15.8. The molecule has 1 aromatic heterocycles. The maximum Gasteiger partial charge on any atom is 0.160 e. The summed E-state index contributed by atoms with van der Waals surface area (Å²) in [7, 11) is 0. The maximum atomic E-state index is 5.39. The van der Waals surface area contributed by atoms with E-state index >= 15 is 0 Å². The molecule has 0 amide bonds. The van der Waals surface area contributed by atoms with Crippen molar-refractivity contribution in [3.8, 4) is 33.9 Å². The topological polar surface area (TPSA) is 25.8 Å². The summed E-state index contributed by atoms with van der Waals surface area (Å²) < 4.78 is 0. The lowest BCUT2D eigenvalue weighted by Gasteiger charge is -2.37. The average molecular weight is 883 g/mol. The summed E-state index contributed by atoms with van der Waals surface area (Å²) in [6, 6.07) is 57.9. The summed E-state index contributed by atoms with van der Waals surface area (Å²) in [5.41, 5.74) is 26.1. The van der Waals surface area contributed by atoms with E-state index in [-0.39, 0.29) is 17.3 Å². The van der Waals surface area contributed by atoms with E-state index in [1.54, 1.807) is 5.57 Å².